The molecule has 2 aromatic heterocycles. The number of ether oxygens (including phenoxy) is 1. The molecule has 146 valence electrons. The van der Waals surface area contributed by atoms with E-state index in [0.717, 1.165) is 49.5 Å². The van der Waals surface area contributed by atoms with Gasteiger partial charge >= 0.3 is 0 Å². The van der Waals surface area contributed by atoms with Crippen molar-refractivity contribution in [3.8, 4) is 0 Å². The number of rotatable bonds is 7. The summed E-state index contributed by atoms with van der Waals surface area (Å²) in [7, 11) is 1.70. The Balaban J connectivity index is 1.45. The van der Waals surface area contributed by atoms with E-state index in [-0.39, 0.29) is 11.8 Å². The summed E-state index contributed by atoms with van der Waals surface area (Å²) in [5, 5.41) is 0. The van der Waals surface area contributed by atoms with Gasteiger partial charge in [0, 0.05) is 45.3 Å². The molecule has 0 spiro atoms. The van der Waals surface area contributed by atoms with E-state index >= 15 is 0 Å². The molecule has 1 amide bonds. The first kappa shape index (κ1) is 18.6. The smallest absolute Gasteiger partial charge is 0.222 e. The quantitative estimate of drug-likeness (QED) is 0.634. The zero-order chi connectivity index (χ0) is 19.3. The largest absolute Gasteiger partial charge is 0.383 e. The van der Waals surface area contributed by atoms with Crippen molar-refractivity contribution < 1.29 is 9.53 Å². The number of fused-ring (bicyclic) bond motifs is 1. The summed E-state index contributed by atoms with van der Waals surface area (Å²) >= 11 is 0. The van der Waals surface area contributed by atoms with E-state index in [1.54, 1.807) is 13.3 Å². The molecule has 1 atom stereocenters. The lowest BCUT2D eigenvalue weighted by atomic mass is 10.1. The van der Waals surface area contributed by atoms with Crippen LogP contribution >= 0.6 is 0 Å². The Morgan fingerprint density at radius 3 is 2.89 bits per heavy atom. The van der Waals surface area contributed by atoms with Crippen LogP contribution in [-0.2, 0) is 22.5 Å². The van der Waals surface area contributed by atoms with Crippen molar-refractivity contribution in [3.05, 3.63) is 60.0 Å². The topological polar surface area (TPSA) is 60.2 Å². The number of carbonyl (C=O) groups excluding carboxylic acids is 1. The summed E-state index contributed by atoms with van der Waals surface area (Å²) in [6.45, 7) is 2.85. The van der Waals surface area contributed by atoms with Gasteiger partial charge in [-0.2, -0.15) is 0 Å². The molecule has 3 heterocycles. The number of methoxy groups -OCH3 is 1. The predicted molar refractivity (Wildman–Crippen MR) is 108 cm³/mol. The number of hydrogen-bond acceptors (Lipinski definition) is 4. The number of nitrogens with zero attached hydrogens (tertiary/aromatic N) is 4. The highest BCUT2D eigenvalue weighted by Gasteiger charge is 2.30. The van der Waals surface area contributed by atoms with Crippen LogP contribution in [0.3, 0.4) is 0 Å². The Morgan fingerprint density at radius 1 is 1.21 bits per heavy atom. The van der Waals surface area contributed by atoms with Crippen LogP contribution in [0.25, 0.3) is 11.2 Å². The highest BCUT2D eigenvalue weighted by molar-refractivity contribution is 5.77. The molecule has 3 aromatic rings. The standard InChI is InChI=1S/C22H26N4O2/c1-28-15-14-26-21(24-19-8-5-12-23-22(19)26)18-11-13-25(16-18)20(27)10-9-17-6-3-2-4-7-17/h2-8,12,18H,9-11,13-16H2,1H3/t18-/m0/s1. The maximum atomic E-state index is 12.7. The minimum absolute atomic E-state index is 0.226. The summed E-state index contributed by atoms with van der Waals surface area (Å²) in [5.41, 5.74) is 3.00. The average molecular weight is 378 g/mol. The third-order valence-electron chi connectivity index (χ3n) is 5.43. The van der Waals surface area contributed by atoms with Gasteiger partial charge in [-0.05, 0) is 30.5 Å². The number of pyridine rings is 1. The number of benzene rings is 1. The molecular formula is C22H26N4O2. The van der Waals surface area contributed by atoms with Gasteiger partial charge in [-0.15, -0.1) is 0 Å². The fraction of sp³-hybridized carbons (Fsp3) is 0.409. The first-order valence-corrected chi connectivity index (χ1v) is 9.88. The van der Waals surface area contributed by atoms with E-state index in [2.05, 4.69) is 21.7 Å². The molecule has 0 radical (unpaired) electrons. The first-order chi connectivity index (χ1) is 13.8. The first-order valence-electron chi connectivity index (χ1n) is 9.88. The third kappa shape index (κ3) is 3.92. The number of carbonyl (C=O) groups is 1. The van der Waals surface area contributed by atoms with E-state index in [0.29, 0.717) is 13.0 Å². The predicted octanol–water partition coefficient (Wildman–Crippen LogP) is 3.03. The van der Waals surface area contributed by atoms with Gasteiger partial charge in [-0.3, -0.25) is 4.79 Å². The molecule has 0 aliphatic carbocycles. The highest BCUT2D eigenvalue weighted by atomic mass is 16.5. The Labute approximate surface area is 165 Å². The molecule has 1 aliphatic rings. The zero-order valence-electron chi connectivity index (χ0n) is 16.3. The molecule has 0 saturated carbocycles. The SMILES string of the molecule is COCCn1c([C@H]2CCN(C(=O)CCc3ccccc3)C2)nc2cccnc21. The minimum atomic E-state index is 0.226. The molecule has 1 aliphatic heterocycles. The molecule has 1 saturated heterocycles. The molecular weight excluding hydrogens is 352 g/mol. The molecule has 6 nitrogen and oxygen atoms in total. The van der Waals surface area contributed by atoms with Crippen LogP contribution in [0.15, 0.2) is 48.7 Å². The maximum absolute atomic E-state index is 12.7. The lowest BCUT2D eigenvalue weighted by Crippen LogP contribution is -2.29. The molecule has 6 heteroatoms. The average Bonchev–Trinajstić information content (AvgIpc) is 3.36. The number of aromatic nitrogens is 3. The second kappa shape index (κ2) is 8.52. The lowest BCUT2D eigenvalue weighted by Gasteiger charge is -2.17. The van der Waals surface area contributed by atoms with E-state index < -0.39 is 0 Å². The fourth-order valence-electron chi connectivity index (χ4n) is 3.94. The summed E-state index contributed by atoms with van der Waals surface area (Å²) in [4.78, 5) is 24.0. The van der Waals surface area contributed by atoms with Crippen LogP contribution in [0.5, 0.6) is 0 Å². The zero-order valence-corrected chi connectivity index (χ0v) is 16.3. The molecule has 4 rings (SSSR count). The van der Waals surface area contributed by atoms with Gasteiger partial charge in [0.05, 0.1) is 6.61 Å². The Morgan fingerprint density at radius 2 is 2.07 bits per heavy atom. The Hall–Kier alpha value is -2.73. The van der Waals surface area contributed by atoms with Gasteiger partial charge < -0.3 is 14.2 Å². The van der Waals surface area contributed by atoms with Crippen molar-refractivity contribution in [2.24, 2.45) is 0 Å². The van der Waals surface area contributed by atoms with Crippen LogP contribution in [0, 0.1) is 0 Å². The van der Waals surface area contributed by atoms with Crippen LogP contribution in [0.2, 0.25) is 0 Å². The van der Waals surface area contributed by atoms with Crippen molar-refractivity contribution in [1.82, 2.24) is 19.4 Å². The van der Waals surface area contributed by atoms with Gasteiger partial charge in [-0.25, -0.2) is 9.97 Å². The maximum Gasteiger partial charge on any atom is 0.222 e. The van der Waals surface area contributed by atoms with Crippen molar-refractivity contribution in [2.75, 3.05) is 26.8 Å². The number of likely N-dealkylation sites (tertiary alicyclic amines) is 1. The normalized spacial score (nSPS) is 16.8. The van der Waals surface area contributed by atoms with Crippen molar-refractivity contribution >= 4 is 17.1 Å². The Bertz CT molecular complexity index is 938. The summed E-state index contributed by atoms with van der Waals surface area (Å²) in [6, 6.07) is 14.1. The summed E-state index contributed by atoms with van der Waals surface area (Å²) in [5.74, 6) is 1.49. The molecule has 1 fully saturated rings. The van der Waals surface area contributed by atoms with Crippen molar-refractivity contribution in [1.29, 1.82) is 0 Å². The van der Waals surface area contributed by atoms with Crippen LogP contribution in [0.4, 0.5) is 0 Å². The second-order valence-electron chi connectivity index (χ2n) is 7.27. The van der Waals surface area contributed by atoms with Crippen LogP contribution in [-0.4, -0.2) is 52.1 Å². The number of aryl methyl sites for hydroxylation is 1. The minimum Gasteiger partial charge on any atom is -0.383 e. The second-order valence-corrected chi connectivity index (χ2v) is 7.27. The lowest BCUT2D eigenvalue weighted by molar-refractivity contribution is -0.130. The van der Waals surface area contributed by atoms with E-state index in [4.69, 9.17) is 9.72 Å². The number of imidazole rings is 1. The number of amides is 1. The van der Waals surface area contributed by atoms with Gasteiger partial charge in [-0.1, -0.05) is 30.3 Å². The fourth-order valence-corrected chi connectivity index (χ4v) is 3.94. The van der Waals surface area contributed by atoms with E-state index in [1.807, 2.05) is 35.2 Å². The van der Waals surface area contributed by atoms with Gasteiger partial charge in [0.15, 0.2) is 5.65 Å². The van der Waals surface area contributed by atoms with Crippen molar-refractivity contribution in [3.63, 3.8) is 0 Å². The van der Waals surface area contributed by atoms with Crippen molar-refractivity contribution in [2.45, 2.75) is 31.7 Å². The van der Waals surface area contributed by atoms with Gasteiger partial charge in [0.2, 0.25) is 5.91 Å². The van der Waals surface area contributed by atoms with E-state index in [1.165, 1.54) is 5.56 Å². The molecule has 28 heavy (non-hydrogen) atoms. The monoisotopic (exact) mass is 378 g/mol. The molecule has 0 N–H and O–H groups in total. The van der Waals surface area contributed by atoms with Crippen LogP contribution in [0.1, 0.15) is 30.1 Å². The van der Waals surface area contributed by atoms with Gasteiger partial charge in [0.25, 0.3) is 0 Å². The Kier molecular flexibility index (Phi) is 5.67. The summed E-state index contributed by atoms with van der Waals surface area (Å²) in [6.07, 6.45) is 4.08. The van der Waals surface area contributed by atoms with Gasteiger partial charge in [0.1, 0.15) is 11.3 Å². The van der Waals surface area contributed by atoms with E-state index in [9.17, 15) is 4.79 Å². The highest BCUT2D eigenvalue weighted by Crippen LogP contribution is 2.29. The third-order valence-corrected chi connectivity index (χ3v) is 5.43. The number of hydrogen-bond donors (Lipinski definition) is 0. The summed E-state index contributed by atoms with van der Waals surface area (Å²) < 4.78 is 7.43. The molecule has 0 unspecified atom stereocenters. The molecule has 1 aromatic carbocycles. The van der Waals surface area contributed by atoms with Crippen LogP contribution < -0.4 is 0 Å². The molecule has 0 bridgehead atoms.